The van der Waals surface area contributed by atoms with Crippen LogP contribution in [0.3, 0.4) is 0 Å². The van der Waals surface area contributed by atoms with Gasteiger partial charge in [-0.15, -0.1) is 11.8 Å². The first-order valence-electron chi connectivity index (χ1n) is 9.82. The summed E-state index contributed by atoms with van der Waals surface area (Å²) in [5.74, 6) is -1.43. The van der Waals surface area contributed by atoms with E-state index in [2.05, 4.69) is 0 Å². The number of likely N-dealkylation sites (N-methyl/N-ethyl adjacent to an activating group) is 1. The number of fused-ring (bicyclic) bond motifs is 2. The van der Waals surface area contributed by atoms with Crippen molar-refractivity contribution in [3.05, 3.63) is 24.3 Å². The molecule has 4 aliphatic rings. The number of aliphatic hydroxyl groups excluding tert-OH is 1. The first-order valence-corrected chi connectivity index (χ1v) is 10.7. The fourth-order valence-electron chi connectivity index (χ4n) is 5.09. The number of hydrogen-bond donors (Lipinski definition) is 1. The highest BCUT2D eigenvalue weighted by atomic mass is 32.2. The van der Waals surface area contributed by atoms with Crippen LogP contribution in [0.25, 0.3) is 0 Å². The molecule has 5 atom stereocenters. The van der Waals surface area contributed by atoms with E-state index >= 15 is 0 Å². The minimum Gasteiger partial charge on any atom is -0.395 e. The Morgan fingerprint density at radius 2 is 1.93 bits per heavy atom. The van der Waals surface area contributed by atoms with Crippen molar-refractivity contribution < 1.29 is 19.5 Å². The summed E-state index contributed by atoms with van der Waals surface area (Å²) in [4.78, 5) is 45.1. The molecule has 4 heterocycles. The topological polar surface area (TPSA) is 81.2 Å². The molecule has 2 fully saturated rings. The van der Waals surface area contributed by atoms with Gasteiger partial charge in [-0.3, -0.25) is 14.4 Å². The van der Waals surface area contributed by atoms with Crippen LogP contribution in [0, 0.1) is 11.8 Å². The van der Waals surface area contributed by atoms with Crippen LogP contribution in [-0.4, -0.2) is 92.9 Å². The van der Waals surface area contributed by atoms with Gasteiger partial charge >= 0.3 is 0 Å². The average Bonchev–Trinajstić information content (AvgIpc) is 2.95. The Morgan fingerprint density at radius 3 is 2.61 bits per heavy atom. The van der Waals surface area contributed by atoms with Gasteiger partial charge in [-0.2, -0.15) is 0 Å². The summed E-state index contributed by atoms with van der Waals surface area (Å²) in [6.45, 7) is 4.83. The normalized spacial score (nSPS) is 37.3. The number of carbonyl (C=O) groups excluding carboxylic acids is 3. The monoisotopic (exact) mass is 405 g/mol. The summed E-state index contributed by atoms with van der Waals surface area (Å²) in [5.41, 5.74) is 0. The molecule has 4 aliphatic heterocycles. The predicted molar refractivity (Wildman–Crippen MR) is 106 cm³/mol. The van der Waals surface area contributed by atoms with Crippen molar-refractivity contribution >= 4 is 29.5 Å². The third-order valence-electron chi connectivity index (χ3n) is 6.36. The molecule has 152 valence electrons. The summed E-state index contributed by atoms with van der Waals surface area (Å²) >= 11 is 1.57. The van der Waals surface area contributed by atoms with Crippen molar-refractivity contribution in [3.63, 3.8) is 0 Å². The van der Waals surface area contributed by atoms with E-state index < -0.39 is 22.6 Å². The maximum Gasteiger partial charge on any atom is 0.247 e. The first-order chi connectivity index (χ1) is 13.3. The highest BCUT2D eigenvalue weighted by molar-refractivity contribution is 8.02. The predicted octanol–water partition coefficient (Wildman–Crippen LogP) is 0.111. The van der Waals surface area contributed by atoms with E-state index in [0.717, 1.165) is 0 Å². The van der Waals surface area contributed by atoms with Crippen LogP contribution in [0.1, 0.15) is 13.8 Å². The number of hydrogen-bond acceptors (Lipinski definition) is 5. The number of likely N-dealkylation sites (tertiary alicyclic amines) is 1. The Labute approximate surface area is 169 Å². The van der Waals surface area contributed by atoms with Gasteiger partial charge in [-0.25, -0.2) is 0 Å². The van der Waals surface area contributed by atoms with Gasteiger partial charge < -0.3 is 19.8 Å². The largest absolute Gasteiger partial charge is 0.395 e. The summed E-state index contributed by atoms with van der Waals surface area (Å²) in [6, 6.07) is -0.691. The molecule has 0 radical (unpaired) electrons. The van der Waals surface area contributed by atoms with Gasteiger partial charge in [0.15, 0.2) is 0 Å². The molecule has 0 aromatic carbocycles. The molecule has 3 amide bonds. The Balaban J connectivity index is 1.85. The number of β-amino-alcohol motifs (C(OH)–C–C–N with tert-alkyl or cyclic N) is 1. The second-order valence-corrected chi connectivity index (χ2v) is 9.72. The van der Waals surface area contributed by atoms with Gasteiger partial charge in [0.1, 0.15) is 6.04 Å². The first kappa shape index (κ1) is 19.5. The molecule has 7 nitrogen and oxygen atoms in total. The summed E-state index contributed by atoms with van der Waals surface area (Å²) in [6.07, 6.45) is 7.96. The minimum absolute atomic E-state index is 0.00182. The van der Waals surface area contributed by atoms with Crippen LogP contribution in [0.15, 0.2) is 24.3 Å². The zero-order valence-electron chi connectivity index (χ0n) is 16.4. The summed E-state index contributed by atoms with van der Waals surface area (Å²) < 4.78 is -0.777. The van der Waals surface area contributed by atoms with Gasteiger partial charge in [0.25, 0.3) is 0 Å². The Hall–Kier alpha value is -1.80. The standard InChI is InChI=1S/C20H27N3O4S/c1-12(2)22-9-5-7-20-15(18(26)23(10-11-24)16(20)19(22)27)14-13(28-20)6-4-8-21(3)17(14)25/h4-7,12-16,24H,8-11H2,1-3H3/t13-,14+,15-,16?,20-/m0/s1. The highest BCUT2D eigenvalue weighted by Gasteiger charge is 2.70. The molecule has 1 unspecified atom stereocenters. The lowest BCUT2D eigenvalue weighted by Crippen LogP contribution is -2.54. The molecule has 4 rings (SSSR count). The molecule has 28 heavy (non-hydrogen) atoms. The van der Waals surface area contributed by atoms with Crippen LogP contribution >= 0.6 is 11.8 Å². The van der Waals surface area contributed by atoms with E-state index in [1.54, 1.807) is 28.6 Å². The molecule has 0 bridgehead atoms. The molecule has 1 N–H and O–H groups in total. The van der Waals surface area contributed by atoms with Gasteiger partial charge in [0, 0.05) is 38.0 Å². The van der Waals surface area contributed by atoms with E-state index in [9.17, 15) is 19.5 Å². The molecular formula is C20H27N3O4S. The van der Waals surface area contributed by atoms with Gasteiger partial charge in [-0.1, -0.05) is 24.3 Å². The molecular weight excluding hydrogens is 378 g/mol. The quantitative estimate of drug-likeness (QED) is 0.674. The maximum atomic E-state index is 13.5. The molecule has 0 aliphatic carbocycles. The third-order valence-corrected chi connectivity index (χ3v) is 8.10. The van der Waals surface area contributed by atoms with Crippen LogP contribution in [-0.2, 0) is 14.4 Å². The van der Waals surface area contributed by atoms with E-state index in [1.807, 2.05) is 38.2 Å². The Bertz CT molecular complexity index is 767. The molecule has 0 saturated carbocycles. The Kier molecular flexibility index (Phi) is 4.82. The molecule has 1 spiro atoms. The summed E-state index contributed by atoms with van der Waals surface area (Å²) in [5, 5.41) is 9.44. The van der Waals surface area contributed by atoms with Crippen molar-refractivity contribution in [1.82, 2.24) is 14.7 Å². The van der Waals surface area contributed by atoms with Crippen molar-refractivity contribution in [2.75, 3.05) is 33.3 Å². The van der Waals surface area contributed by atoms with E-state index in [0.29, 0.717) is 13.1 Å². The number of thioether (sulfide) groups is 1. The number of carbonyl (C=O) groups is 3. The van der Waals surface area contributed by atoms with E-state index in [-0.39, 0.29) is 42.2 Å². The fraction of sp³-hybridized carbons (Fsp3) is 0.650. The number of aliphatic hydroxyl groups is 1. The lowest BCUT2D eigenvalue weighted by atomic mass is 9.78. The summed E-state index contributed by atoms with van der Waals surface area (Å²) in [7, 11) is 1.75. The average molecular weight is 406 g/mol. The molecule has 0 aromatic rings. The van der Waals surface area contributed by atoms with Crippen molar-refractivity contribution in [2.45, 2.75) is 35.9 Å². The number of amides is 3. The van der Waals surface area contributed by atoms with Crippen molar-refractivity contribution in [1.29, 1.82) is 0 Å². The minimum atomic E-state index is -0.777. The number of nitrogens with zero attached hydrogens (tertiary/aromatic N) is 3. The van der Waals surface area contributed by atoms with Crippen LogP contribution in [0.5, 0.6) is 0 Å². The van der Waals surface area contributed by atoms with Crippen LogP contribution in [0.4, 0.5) is 0 Å². The van der Waals surface area contributed by atoms with Gasteiger partial charge in [0.2, 0.25) is 17.7 Å². The molecule has 0 aromatic heterocycles. The second kappa shape index (κ2) is 6.91. The van der Waals surface area contributed by atoms with E-state index in [4.69, 9.17) is 0 Å². The van der Waals surface area contributed by atoms with Gasteiger partial charge in [-0.05, 0) is 13.8 Å². The lowest BCUT2D eigenvalue weighted by molar-refractivity contribution is -0.144. The zero-order valence-corrected chi connectivity index (χ0v) is 17.3. The van der Waals surface area contributed by atoms with E-state index in [1.165, 1.54) is 4.90 Å². The smallest absolute Gasteiger partial charge is 0.247 e. The van der Waals surface area contributed by atoms with Gasteiger partial charge in [0.05, 0.1) is 23.2 Å². The second-order valence-electron chi connectivity index (χ2n) is 8.23. The zero-order chi connectivity index (χ0) is 20.2. The molecule has 2 saturated heterocycles. The lowest BCUT2D eigenvalue weighted by Gasteiger charge is -2.36. The van der Waals surface area contributed by atoms with Crippen LogP contribution in [0.2, 0.25) is 0 Å². The maximum absolute atomic E-state index is 13.5. The third kappa shape index (κ3) is 2.57. The number of rotatable bonds is 3. The Morgan fingerprint density at radius 1 is 1.18 bits per heavy atom. The fourth-order valence-corrected chi connectivity index (χ4v) is 7.10. The van der Waals surface area contributed by atoms with Crippen molar-refractivity contribution in [3.8, 4) is 0 Å². The van der Waals surface area contributed by atoms with Crippen molar-refractivity contribution in [2.24, 2.45) is 11.8 Å². The SMILES string of the molecule is CC(C)N1CC=C[C@]23S[C@H]4C=CCN(C)C(=O)[C@H]4[C@H]2C(=O)N(CCO)C3C1=O. The van der Waals surface area contributed by atoms with Crippen LogP contribution < -0.4 is 0 Å². The molecule has 8 heteroatoms. The highest BCUT2D eigenvalue weighted by Crippen LogP contribution is 2.60.